The van der Waals surface area contributed by atoms with Gasteiger partial charge in [0.15, 0.2) is 5.82 Å². The second-order valence-electron chi connectivity index (χ2n) is 22.2. The normalized spacial score (nSPS) is 11.6. The highest BCUT2D eigenvalue weighted by Gasteiger charge is 2.26. The number of hydrogen-bond acceptors (Lipinski definition) is 5. The summed E-state index contributed by atoms with van der Waals surface area (Å²) in [6.07, 6.45) is 0. The van der Waals surface area contributed by atoms with Gasteiger partial charge in [0.05, 0.1) is 38.6 Å². The van der Waals surface area contributed by atoms with Gasteiger partial charge in [0, 0.05) is 94.6 Å². The molecule has 0 amide bonds. The molecule has 17 aromatic rings. The minimum absolute atomic E-state index is 0.555. The van der Waals surface area contributed by atoms with Crippen molar-refractivity contribution in [1.29, 1.82) is 0 Å². The monoisotopic (exact) mass is 1130 g/mol. The number of anilines is 9. The Morgan fingerprint density at radius 3 is 1.05 bits per heavy atom. The Balaban J connectivity index is 0.923. The van der Waals surface area contributed by atoms with Crippen molar-refractivity contribution >= 4 is 128 Å². The molecule has 88 heavy (non-hydrogen) atoms. The van der Waals surface area contributed by atoms with Crippen LogP contribution in [-0.2, 0) is 0 Å². The fraction of sp³-hybridized carbons (Fsp3) is 0. The van der Waals surface area contributed by atoms with Crippen molar-refractivity contribution in [1.82, 2.24) is 23.7 Å². The first-order valence-corrected chi connectivity index (χ1v) is 29.8. The summed E-state index contributed by atoms with van der Waals surface area (Å²) in [7, 11) is 0. The zero-order chi connectivity index (χ0) is 58.1. The molecule has 0 fully saturated rings. The van der Waals surface area contributed by atoms with Gasteiger partial charge in [-0.05, 0) is 158 Å². The van der Waals surface area contributed by atoms with E-state index in [1.165, 1.54) is 10.8 Å². The Bertz CT molecular complexity index is 5410. The first-order chi connectivity index (χ1) is 43.7. The van der Waals surface area contributed by atoms with Crippen LogP contribution in [0, 0.1) is 0 Å². The molecule has 8 heteroatoms. The van der Waals surface area contributed by atoms with Gasteiger partial charge in [-0.2, -0.15) is 4.98 Å². The lowest BCUT2D eigenvalue weighted by molar-refractivity contribution is 1.000. The zero-order valence-electron chi connectivity index (χ0n) is 47.8. The van der Waals surface area contributed by atoms with Crippen LogP contribution in [-0.4, -0.2) is 23.7 Å². The van der Waals surface area contributed by atoms with Crippen molar-refractivity contribution in [3.63, 3.8) is 0 Å². The minimum atomic E-state index is 0.555. The molecular weight excluding hydrogens is 1070 g/mol. The van der Waals surface area contributed by atoms with Crippen LogP contribution in [0.1, 0.15) is 0 Å². The molecule has 0 aliphatic carbocycles. The van der Waals surface area contributed by atoms with E-state index in [9.17, 15) is 0 Å². The fourth-order valence-corrected chi connectivity index (χ4v) is 13.3. The molecule has 0 aliphatic rings. The molecule has 0 bridgehead atoms. The molecule has 0 radical (unpaired) electrons. The van der Waals surface area contributed by atoms with Crippen molar-refractivity contribution in [2.24, 2.45) is 0 Å². The van der Waals surface area contributed by atoms with E-state index >= 15 is 0 Å². The highest BCUT2D eigenvalue weighted by molar-refractivity contribution is 6.14. The van der Waals surface area contributed by atoms with Gasteiger partial charge < -0.3 is 18.9 Å². The predicted octanol–water partition coefficient (Wildman–Crippen LogP) is 21.3. The van der Waals surface area contributed by atoms with Gasteiger partial charge in [-0.25, -0.2) is 4.98 Å². The standard InChI is InChI=1S/C80H54N8/c1-7-25-55(26-8-1)83(56-27-9-2-10-28-56)62-45-50-77-70(51-62)67-39-21-24-42-75(67)88(77)80-81-72-48-44-61(84(57-29-11-3-12-30-57)64-43-47-68-65-37-19-22-40-73(65)87(78(68)54-64)60-35-17-6-18-36-60)53-71(72)79(82-80)85(58-31-13-4-14-32-58)63-46-49-76-69(52-63)66-38-20-23-41-74(66)86(76)59-33-15-5-16-34-59/h1-54H. The minimum Gasteiger partial charge on any atom is -0.310 e. The summed E-state index contributed by atoms with van der Waals surface area (Å²) in [6.45, 7) is 0. The maximum Gasteiger partial charge on any atom is 0.237 e. The van der Waals surface area contributed by atoms with Crippen molar-refractivity contribution in [2.45, 2.75) is 0 Å². The number of rotatable bonds is 12. The molecule has 0 atom stereocenters. The molecule has 0 N–H and O–H groups in total. The smallest absolute Gasteiger partial charge is 0.237 e. The number of para-hydroxylation sites is 9. The molecule has 8 nitrogen and oxygen atoms in total. The Morgan fingerprint density at radius 1 is 0.205 bits per heavy atom. The second-order valence-corrected chi connectivity index (χ2v) is 22.2. The lowest BCUT2D eigenvalue weighted by atomic mass is 10.1. The van der Waals surface area contributed by atoms with Crippen molar-refractivity contribution < 1.29 is 0 Å². The molecular formula is C80H54N8. The van der Waals surface area contributed by atoms with Gasteiger partial charge in [-0.3, -0.25) is 9.47 Å². The zero-order valence-corrected chi connectivity index (χ0v) is 47.8. The number of hydrogen-bond donors (Lipinski definition) is 0. The molecule has 0 saturated heterocycles. The highest BCUT2D eigenvalue weighted by atomic mass is 15.3. The SMILES string of the molecule is c1ccc(N(c2ccccc2)c2ccc3c(c2)c2ccccc2n3-c2nc(N(c3ccccc3)c3ccc4c(c3)c3ccccc3n4-c3ccccc3)c3cc(N(c4ccccc4)c4ccc5c6ccccc6n(-c6ccccc6)c5c4)ccc3n2)cc1. The molecule has 13 aromatic carbocycles. The van der Waals surface area contributed by atoms with E-state index in [-0.39, 0.29) is 0 Å². The maximum absolute atomic E-state index is 5.94. The molecule has 17 rings (SSSR count). The molecule has 0 aliphatic heterocycles. The summed E-state index contributed by atoms with van der Waals surface area (Å²) in [5, 5.41) is 7.75. The topological polar surface area (TPSA) is 50.3 Å². The molecule has 4 aromatic heterocycles. The van der Waals surface area contributed by atoms with Crippen molar-refractivity contribution in [2.75, 3.05) is 14.7 Å². The van der Waals surface area contributed by atoms with Gasteiger partial charge in [-0.15, -0.1) is 0 Å². The summed E-state index contributed by atoms with van der Waals surface area (Å²) in [5.74, 6) is 1.28. The summed E-state index contributed by atoms with van der Waals surface area (Å²) in [4.78, 5) is 18.6. The van der Waals surface area contributed by atoms with Crippen LogP contribution in [0.5, 0.6) is 0 Å². The van der Waals surface area contributed by atoms with Crippen LogP contribution in [0.2, 0.25) is 0 Å². The largest absolute Gasteiger partial charge is 0.310 e. The summed E-state index contributed by atoms with van der Waals surface area (Å²) < 4.78 is 7.00. The van der Waals surface area contributed by atoms with Crippen LogP contribution >= 0.6 is 0 Å². The Kier molecular flexibility index (Phi) is 12.0. The van der Waals surface area contributed by atoms with Crippen LogP contribution in [0.3, 0.4) is 0 Å². The van der Waals surface area contributed by atoms with Crippen molar-refractivity contribution in [3.8, 4) is 17.3 Å². The Labute approximate surface area is 508 Å². The Morgan fingerprint density at radius 2 is 0.534 bits per heavy atom. The molecule has 414 valence electrons. The lowest BCUT2D eigenvalue weighted by Gasteiger charge is -2.28. The molecule has 4 heterocycles. The van der Waals surface area contributed by atoms with Gasteiger partial charge >= 0.3 is 0 Å². The molecule has 0 unspecified atom stereocenters. The van der Waals surface area contributed by atoms with E-state index in [1.807, 2.05) is 0 Å². The summed E-state index contributed by atoms with van der Waals surface area (Å²) in [6, 6.07) is 117. The van der Waals surface area contributed by atoms with Gasteiger partial charge in [0.2, 0.25) is 5.95 Å². The van der Waals surface area contributed by atoms with Gasteiger partial charge in [0.25, 0.3) is 0 Å². The summed E-state index contributed by atoms with van der Waals surface area (Å²) in [5.41, 5.74) is 17.6. The predicted molar refractivity (Wildman–Crippen MR) is 367 cm³/mol. The number of fused-ring (bicyclic) bond motifs is 10. The third-order valence-electron chi connectivity index (χ3n) is 17.1. The van der Waals surface area contributed by atoms with E-state index in [2.05, 4.69) is 356 Å². The van der Waals surface area contributed by atoms with Crippen molar-refractivity contribution in [3.05, 3.63) is 328 Å². The van der Waals surface area contributed by atoms with Crippen LogP contribution in [0.15, 0.2) is 328 Å². The summed E-state index contributed by atoms with van der Waals surface area (Å²) >= 11 is 0. The Hall–Kier alpha value is -12.0. The van der Waals surface area contributed by atoms with E-state index in [0.717, 1.165) is 128 Å². The molecule has 0 saturated carbocycles. The van der Waals surface area contributed by atoms with Crippen LogP contribution < -0.4 is 14.7 Å². The first kappa shape index (κ1) is 50.5. The fourth-order valence-electron chi connectivity index (χ4n) is 13.3. The number of aromatic nitrogens is 5. The number of nitrogens with zero attached hydrogens (tertiary/aromatic N) is 8. The lowest BCUT2D eigenvalue weighted by Crippen LogP contribution is -2.15. The first-order valence-electron chi connectivity index (χ1n) is 29.8. The van der Waals surface area contributed by atoms with E-state index in [4.69, 9.17) is 9.97 Å². The van der Waals surface area contributed by atoms with Crippen LogP contribution in [0.25, 0.3) is 93.6 Å². The quantitative estimate of drug-likeness (QED) is 0.122. The average molecular weight is 1130 g/mol. The van der Waals surface area contributed by atoms with E-state index in [0.29, 0.717) is 5.95 Å². The number of benzene rings is 13. The molecule has 0 spiro atoms. The van der Waals surface area contributed by atoms with E-state index < -0.39 is 0 Å². The third kappa shape index (κ3) is 8.37. The van der Waals surface area contributed by atoms with Crippen LogP contribution in [0.4, 0.5) is 51.3 Å². The highest BCUT2D eigenvalue weighted by Crippen LogP contribution is 2.46. The third-order valence-corrected chi connectivity index (χ3v) is 17.1. The maximum atomic E-state index is 5.94. The van der Waals surface area contributed by atoms with E-state index in [1.54, 1.807) is 0 Å². The van der Waals surface area contributed by atoms with Gasteiger partial charge in [-0.1, -0.05) is 170 Å². The second kappa shape index (κ2) is 21.0. The van der Waals surface area contributed by atoms with Gasteiger partial charge in [0.1, 0.15) is 0 Å². The average Bonchev–Trinajstić information content (AvgIpc) is 1.73.